The van der Waals surface area contributed by atoms with E-state index in [1.807, 2.05) is 0 Å². The van der Waals surface area contributed by atoms with Crippen LogP contribution in [-0.4, -0.2) is 4.98 Å². The van der Waals surface area contributed by atoms with Crippen LogP contribution in [0.3, 0.4) is 0 Å². The van der Waals surface area contributed by atoms with E-state index in [9.17, 15) is 4.39 Å². The van der Waals surface area contributed by atoms with E-state index in [1.54, 1.807) is 0 Å². The molecular formula is C5H2ClFN. The first-order chi connectivity index (χ1) is 3.79. The number of halogens is 2. The lowest BCUT2D eigenvalue weighted by Gasteiger charge is -1.83. The van der Waals surface area contributed by atoms with Crippen molar-refractivity contribution in [3.8, 4) is 0 Å². The molecule has 1 aromatic heterocycles. The summed E-state index contributed by atoms with van der Waals surface area (Å²) in [6.45, 7) is 0. The van der Waals surface area contributed by atoms with Gasteiger partial charge in [-0.3, -0.25) is 0 Å². The normalized spacial score (nSPS) is 9.25. The maximum absolute atomic E-state index is 12.0. The van der Waals surface area contributed by atoms with Crippen molar-refractivity contribution in [1.29, 1.82) is 0 Å². The summed E-state index contributed by atoms with van der Waals surface area (Å²) in [5, 5.41) is 0.154. The van der Waals surface area contributed by atoms with Crippen molar-refractivity contribution in [3.63, 3.8) is 0 Å². The summed E-state index contributed by atoms with van der Waals surface area (Å²) in [6.07, 6.45) is 1.19. The van der Waals surface area contributed by atoms with Crippen LogP contribution in [0.2, 0.25) is 5.15 Å². The van der Waals surface area contributed by atoms with Gasteiger partial charge in [-0.25, -0.2) is 9.37 Å². The van der Waals surface area contributed by atoms with Gasteiger partial charge in [-0.2, -0.15) is 0 Å². The van der Waals surface area contributed by atoms with Crippen LogP contribution in [0.15, 0.2) is 12.3 Å². The zero-order valence-corrected chi connectivity index (χ0v) is 4.61. The van der Waals surface area contributed by atoms with E-state index in [2.05, 4.69) is 11.1 Å². The van der Waals surface area contributed by atoms with Gasteiger partial charge in [0.05, 0.1) is 0 Å². The standard InChI is InChI=1S/C5H2ClFN/c6-5-3-4(7)1-2-8-5/h2-3H. The van der Waals surface area contributed by atoms with Gasteiger partial charge in [0.2, 0.25) is 0 Å². The topological polar surface area (TPSA) is 12.9 Å². The molecule has 0 aliphatic heterocycles. The highest BCUT2D eigenvalue weighted by atomic mass is 35.5. The number of pyridine rings is 1. The number of hydrogen-bond acceptors (Lipinski definition) is 1. The molecule has 1 heterocycles. The van der Waals surface area contributed by atoms with Gasteiger partial charge < -0.3 is 0 Å². The van der Waals surface area contributed by atoms with Gasteiger partial charge in [0.15, 0.2) is 0 Å². The molecule has 0 amide bonds. The fraction of sp³-hybridized carbons (Fsp3) is 0. The van der Waals surface area contributed by atoms with Crippen LogP contribution in [0.5, 0.6) is 0 Å². The van der Waals surface area contributed by atoms with Gasteiger partial charge in [0.1, 0.15) is 11.0 Å². The Morgan fingerprint density at radius 2 is 2.50 bits per heavy atom. The maximum Gasteiger partial charge on any atom is 0.135 e. The minimum absolute atomic E-state index is 0.154. The zero-order valence-electron chi connectivity index (χ0n) is 3.86. The fourth-order valence-electron chi connectivity index (χ4n) is 0.339. The van der Waals surface area contributed by atoms with E-state index in [-0.39, 0.29) is 5.15 Å². The minimum Gasteiger partial charge on any atom is -0.244 e. The lowest BCUT2D eigenvalue weighted by atomic mass is 10.5. The molecule has 1 radical (unpaired) electrons. The van der Waals surface area contributed by atoms with Crippen molar-refractivity contribution in [2.75, 3.05) is 0 Å². The highest BCUT2D eigenvalue weighted by molar-refractivity contribution is 6.29. The van der Waals surface area contributed by atoms with Gasteiger partial charge in [0, 0.05) is 18.3 Å². The first-order valence-electron chi connectivity index (χ1n) is 1.98. The first-order valence-corrected chi connectivity index (χ1v) is 2.35. The number of nitrogens with zero attached hydrogens (tertiary/aromatic N) is 1. The summed E-state index contributed by atoms with van der Waals surface area (Å²) in [6, 6.07) is 3.31. The van der Waals surface area contributed by atoms with Crippen molar-refractivity contribution < 1.29 is 4.39 Å². The minimum atomic E-state index is -0.481. The molecule has 41 valence electrons. The molecule has 8 heavy (non-hydrogen) atoms. The van der Waals surface area contributed by atoms with E-state index < -0.39 is 5.82 Å². The molecule has 0 aliphatic carbocycles. The molecule has 0 spiro atoms. The van der Waals surface area contributed by atoms with E-state index >= 15 is 0 Å². The molecule has 0 saturated heterocycles. The molecule has 1 rings (SSSR count). The third-order valence-electron chi connectivity index (χ3n) is 0.636. The van der Waals surface area contributed by atoms with Crippen LogP contribution < -0.4 is 0 Å². The van der Waals surface area contributed by atoms with Gasteiger partial charge >= 0.3 is 0 Å². The van der Waals surface area contributed by atoms with Gasteiger partial charge in [-0.1, -0.05) is 11.6 Å². The zero-order chi connectivity index (χ0) is 5.98. The average molecular weight is 131 g/mol. The van der Waals surface area contributed by atoms with Crippen molar-refractivity contribution in [1.82, 2.24) is 4.98 Å². The van der Waals surface area contributed by atoms with E-state index in [0.29, 0.717) is 0 Å². The highest BCUT2D eigenvalue weighted by Gasteiger charge is 1.88. The molecule has 0 aromatic carbocycles. The molecule has 1 aromatic rings. The van der Waals surface area contributed by atoms with Crippen LogP contribution in [0.25, 0.3) is 0 Å². The molecule has 0 N–H and O–H groups in total. The third-order valence-corrected chi connectivity index (χ3v) is 0.843. The van der Waals surface area contributed by atoms with Crippen molar-refractivity contribution >= 4 is 11.6 Å². The first kappa shape index (κ1) is 5.51. The lowest BCUT2D eigenvalue weighted by Crippen LogP contribution is -1.75. The SMILES string of the molecule is Fc1[c]cnc(Cl)c1. The Morgan fingerprint density at radius 1 is 1.75 bits per heavy atom. The van der Waals surface area contributed by atoms with E-state index in [0.717, 1.165) is 6.07 Å². The average Bonchev–Trinajstić information content (AvgIpc) is 1.64. The summed E-state index contributed by atoms with van der Waals surface area (Å²) < 4.78 is 12.0. The Bertz CT molecular complexity index is 172. The predicted molar refractivity (Wildman–Crippen MR) is 28.0 cm³/mol. The molecule has 0 saturated carbocycles. The van der Waals surface area contributed by atoms with Crippen LogP contribution in [0, 0.1) is 11.9 Å². The second-order valence-electron chi connectivity index (χ2n) is 1.22. The van der Waals surface area contributed by atoms with Crippen LogP contribution in [0.1, 0.15) is 0 Å². The van der Waals surface area contributed by atoms with Crippen LogP contribution >= 0.6 is 11.6 Å². The molecular weight excluding hydrogens is 129 g/mol. The summed E-state index contributed by atoms with van der Waals surface area (Å²) in [4.78, 5) is 3.51. The summed E-state index contributed by atoms with van der Waals surface area (Å²) in [5.41, 5.74) is 0. The smallest absolute Gasteiger partial charge is 0.135 e. The Hall–Kier alpha value is -0.630. The Labute approximate surface area is 51.1 Å². The second-order valence-corrected chi connectivity index (χ2v) is 1.60. The molecule has 0 fully saturated rings. The second kappa shape index (κ2) is 2.09. The van der Waals surface area contributed by atoms with Gasteiger partial charge in [-0.15, -0.1) is 0 Å². The molecule has 0 atom stereocenters. The molecule has 0 aliphatic rings. The fourth-order valence-corrected chi connectivity index (χ4v) is 0.484. The Kier molecular flexibility index (Phi) is 1.44. The van der Waals surface area contributed by atoms with Crippen LogP contribution in [0.4, 0.5) is 4.39 Å². The van der Waals surface area contributed by atoms with Crippen molar-refractivity contribution in [3.05, 3.63) is 29.3 Å². The quantitative estimate of drug-likeness (QED) is 0.487. The van der Waals surface area contributed by atoms with Gasteiger partial charge in [-0.05, 0) is 0 Å². The largest absolute Gasteiger partial charge is 0.244 e. The monoisotopic (exact) mass is 130 g/mol. The third kappa shape index (κ3) is 1.17. The van der Waals surface area contributed by atoms with E-state index in [4.69, 9.17) is 11.6 Å². The van der Waals surface area contributed by atoms with Crippen molar-refractivity contribution in [2.24, 2.45) is 0 Å². The van der Waals surface area contributed by atoms with Gasteiger partial charge in [0.25, 0.3) is 0 Å². The number of rotatable bonds is 0. The lowest BCUT2D eigenvalue weighted by molar-refractivity contribution is 0.623. The van der Waals surface area contributed by atoms with E-state index in [1.165, 1.54) is 6.20 Å². The number of aromatic nitrogens is 1. The molecule has 3 heteroatoms. The summed E-state index contributed by atoms with van der Waals surface area (Å²) >= 11 is 5.27. The molecule has 0 unspecified atom stereocenters. The van der Waals surface area contributed by atoms with Crippen LogP contribution in [-0.2, 0) is 0 Å². The Balaban J connectivity index is 3.08. The molecule has 1 nitrogen and oxygen atoms in total. The number of hydrogen-bond donors (Lipinski definition) is 0. The maximum atomic E-state index is 12.0. The molecule has 0 bridgehead atoms. The highest BCUT2D eigenvalue weighted by Crippen LogP contribution is 2.03. The van der Waals surface area contributed by atoms with Crippen molar-refractivity contribution in [2.45, 2.75) is 0 Å². The summed E-state index contributed by atoms with van der Waals surface area (Å²) in [7, 11) is 0. The predicted octanol–water partition coefficient (Wildman–Crippen LogP) is 1.67. The summed E-state index contributed by atoms with van der Waals surface area (Å²) in [5.74, 6) is -0.481. The Morgan fingerprint density at radius 3 is 2.88 bits per heavy atom.